The molecule has 0 aliphatic rings. The van der Waals surface area contributed by atoms with E-state index in [0.717, 1.165) is 6.42 Å². The first-order valence-corrected chi connectivity index (χ1v) is 10.9. The number of aryl methyl sites for hydroxylation is 1. The van der Waals surface area contributed by atoms with Crippen LogP contribution < -0.4 is 9.46 Å². The number of nitrogens with one attached hydrogen (secondary N) is 1. The number of nitrogens with zero attached hydrogens (tertiary/aromatic N) is 1. The second-order valence-electron chi connectivity index (χ2n) is 6.29. The van der Waals surface area contributed by atoms with Crippen LogP contribution in [-0.4, -0.2) is 15.0 Å². The highest BCUT2D eigenvalue weighted by atomic mass is 35.5. The summed E-state index contributed by atoms with van der Waals surface area (Å²) in [5.41, 5.74) is 1.40. The van der Waals surface area contributed by atoms with Gasteiger partial charge >= 0.3 is 0 Å². The number of nitriles is 1. The molecule has 0 fully saturated rings. The van der Waals surface area contributed by atoms with Gasteiger partial charge in [0.05, 0.1) is 9.92 Å². The maximum atomic E-state index is 12.4. The lowest BCUT2D eigenvalue weighted by Crippen LogP contribution is -2.25. The number of benzene rings is 3. The fourth-order valence-corrected chi connectivity index (χ4v) is 4.02. The summed E-state index contributed by atoms with van der Waals surface area (Å²) in [6, 6.07) is 22.8. The van der Waals surface area contributed by atoms with Crippen LogP contribution >= 0.6 is 11.6 Å². The molecule has 5 nitrogen and oxygen atoms in total. The molecule has 3 rings (SSSR count). The van der Waals surface area contributed by atoms with Crippen LogP contribution in [0.15, 0.2) is 77.7 Å². The molecular formula is C22H19ClN2O3S. The largest absolute Gasteiger partial charge is 0.456 e. The number of hydrogen-bond donors (Lipinski definition) is 1. The van der Waals surface area contributed by atoms with Gasteiger partial charge in [0.1, 0.15) is 23.1 Å². The minimum atomic E-state index is -3.60. The molecule has 29 heavy (non-hydrogen) atoms. The summed E-state index contributed by atoms with van der Waals surface area (Å²) >= 11 is 5.99. The van der Waals surface area contributed by atoms with Gasteiger partial charge in [-0.25, -0.2) is 13.1 Å². The Bertz CT molecular complexity index is 1110. The molecular weight excluding hydrogens is 408 g/mol. The molecule has 0 atom stereocenters. The standard InChI is InChI=1S/C22H19ClN2O3S/c23-21-9-4-10-22(20(21)16-24)28-18-11-13-19(14-12-18)29(26,27)25-15-5-8-17-6-2-1-3-7-17/h1-4,6-7,9-14,25H,5,8,15H2. The summed E-state index contributed by atoms with van der Waals surface area (Å²) in [4.78, 5) is 0.149. The van der Waals surface area contributed by atoms with Crippen molar-refractivity contribution in [1.29, 1.82) is 5.26 Å². The molecule has 0 aliphatic carbocycles. The first-order valence-electron chi connectivity index (χ1n) is 9.00. The highest BCUT2D eigenvalue weighted by Gasteiger charge is 2.14. The molecule has 0 saturated heterocycles. The van der Waals surface area contributed by atoms with Crippen LogP contribution in [0.3, 0.4) is 0 Å². The van der Waals surface area contributed by atoms with Crippen LogP contribution in [0.4, 0.5) is 0 Å². The molecule has 0 aliphatic heterocycles. The smallest absolute Gasteiger partial charge is 0.240 e. The minimum Gasteiger partial charge on any atom is -0.456 e. The van der Waals surface area contributed by atoms with Gasteiger partial charge < -0.3 is 4.74 Å². The van der Waals surface area contributed by atoms with Gasteiger partial charge in [-0.3, -0.25) is 0 Å². The summed E-state index contributed by atoms with van der Waals surface area (Å²) in [6.07, 6.45) is 1.51. The van der Waals surface area contributed by atoms with Crippen molar-refractivity contribution in [3.63, 3.8) is 0 Å². The monoisotopic (exact) mass is 426 g/mol. The van der Waals surface area contributed by atoms with E-state index in [1.165, 1.54) is 17.7 Å². The molecule has 148 valence electrons. The zero-order valence-corrected chi connectivity index (χ0v) is 17.1. The molecule has 3 aromatic rings. The number of ether oxygens (including phenoxy) is 1. The van der Waals surface area contributed by atoms with Crippen molar-refractivity contribution >= 4 is 21.6 Å². The number of sulfonamides is 1. The third-order valence-corrected chi connectivity index (χ3v) is 6.02. The van der Waals surface area contributed by atoms with Crippen LogP contribution in [0.25, 0.3) is 0 Å². The van der Waals surface area contributed by atoms with Gasteiger partial charge in [-0.15, -0.1) is 0 Å². The summed E-state index contributed by atoms with van der Waals surface area (Å²) in [5.74, 6) is 0.724. The Hall–Kier alpha value is -2.85. The predicted molar refractivity (Wildman–Crippen MR) is 113 cm³/mol. The van der Waals surface area contributed by atoms with Crippen LogP contribution in [-0.2, 0) is 16.4 Å². The van der Waals surface area contributed by atoms with Crippen LogP contribution in [0.1, 0.15) is 17.5 Å². The van der Waals surface area contributed by atoms with E-state index in [-0.39, 0.29) is 10.5 Å². The van der Waals surface area contributed by atoms with Crippen molar-refractivity contribution < 1.29 is 13.2 Å². The van der Waals surface area contributed by atoms with Gasteiger partial charge in [0.2, 0.25) is 10.0 Å². The highest BCUT2D eigenvalue weighted by Crippen LogP contribution is 2.30. The molecule has 0 heterocycles. The second-order valence-corrected chi connectivity index (χ2v) is 8.46. The molecule has 0 unspecified atom stereocenters. The first-order chi connectivity index (χ1) is 14.0. The highest BCUT2D eigenvalue weighted by molar-refractivity contribution is 7.89. The van der Waals surface area contributed by atoms with Gasteiger partial charge in [-0.05, 0) is 54.8 Å². The molecule has 0 amide bonds. The van der Waals surface area contributed by atoms with Gasteiger partial charge in [0, 0.05) is 6.54 Å². The van der Waals surface area contributed by atoms with Crippen molar-refractivity contribution in [2.75, 3.05) is 6.54 Å². The van der Waals surface area contributed by atoms with E-state index in [0.29, 0.717) is 29.5 Å². The van der Waals surface area contributed by atoms with Gasteiger partial charge in [0.25, 0.3) is 0 Å². The minimum absolute atomic E-state index is 0.149. The number of rotatable bonds is 8. The van der Waals surface area contributed by atoms with Crippen molar-refractivity contribution in [3.05, 3.63) is 88.9 Å². The fourth-order valence-electron chi connectivity index (χ4n) is 2.74. The quantitative estimate of drug-likeness (QED) is 0.519. The van der Waals surface area contributed by atoms with Crippen molar-refractivity contribution in [2.45, 2.75) is 17.7 Å². The van der Waals surface area contributed by atoms with E-state index in [1.807, 2.05) is 36.4 Å². The predicted octanol–water partition coefficient (Wildman–Crippen LogP) is 4.92. The van der Waals surface area contributed by atoms with E-state index in [4.69, 9.17) is 16.3 Å². The number of hydrogen-bond acceptors (Lipinski definition) is 4. The van der Waals surface area contributed by atoms with Crippen molar-refractivity contribution in [2.24, 2.45) is 0 Å². The Morgan fingerprint density at radius 2 is 1.69 bits per heavy atom. The zero-order chi connectivity index (χ0) is 20.7. The fraction of sp³-hybridized carbons (Fsp3) is 0.136. The topological polar surface area (TPSA) is 79.2 Å². The molecule has 0 aromatic heterocycles. The van der Waals surface area contributed by atoms with Gasteiger partial charge in [0.15, 0.2) is 0 Å². The molecule has 1 N–H and O–H groups in total. The summed E-state index contributed by atoms with van der Waals surface area (Å²) in [6.45, 7) is 0.351. The maximum absolute atomic E-state index is 12.4. The zero-order valence-electron chi connectivity index (χ0n) is 15.5. The van der Waals surface area contributed by atoms with Crippen LogP contribution in [0.2, 0.25) is 5.02 Å². The Balaban J connectivity index is 1.60. The Morgan fingerprint density at radius 1 is 0.966 bits per heavy atom. The van der Waals surface area contributed by atoms with E-state index in [9.17, 15) is 13.7 Å². The van der Waals surface area contributed by atoms with Crippen LogP contribution in [0, 0.1) is 11.3 Å². The third kappa shape index (κ3) is 5.58. The Morgan fingerprint density at radius 3 is 2.38 bits per heavy atom. The van der Waals surface area contributed by atoms with E-state index < -0.39 is 10.0 Å². The number of halogens is 1. The Labute approximate surface area is 175 Å². The lowest BCUT2D eigenvalue weighted by molar-refractivity contribution is 0.480. The molecule has 0 spiro atoms. The van der Waals surface area contributed by atoms with Crippen molar-refractivity contribution in [3.8, 4) is 17.6 Å². The average molecular weight is 427 g/mol. The second kappa shape index (κ2) is 9.57. The Kier molecular flexibility index (Phi) is 6.89. The average Bonchev–Trinajstić information content (AvgIpc) is 2.73. The SMILES string of the molecule is N#Cc1c(Cl)cccc1Oc1ccc(S(=O)(=O)NCCCc2ccccc2)cc1. The summed E-state index contributed by atoms with van der Waals surface area (Å²) in [5, 5.41) is 9.50. The normalized spacial score (nSPS) is 11.0. The van der Waals surface area contributed by atoms with Crippen molar-refractivity contribution in [1.82, 2.24) is 4.72 Å². The van der Waals surface area contributed by atoms with Crippen LogP contribution in [0.5, 0.6) is 11.5 Å². The van der Waals surface area contributed by atoms with E-state index in [1.54, 1.807) is 30.3 Å². The molecule has 0 saturated carbocycles. The summed E-state index contributed by atoms with van der Waals surface area (Å²) < 4.78 is 33.2. The van der Waals surface area contributed by atoms with Gasteiger partial charge in [-0.1, -0.05) is 48.0 Å². The first kappa shape index (κ1) is 20.9. The summed E-state index contributed by atoms with van der Waals surface area (Å²) in [7, 11) is -3.60. The van der Waals surface area contributed by atoms with Gasteiger partial charge in [-0.2, -0.15) is 5.26 Å². The molecule has 3 aromatic carbocycles. The van der Waals surface area contributed by atoms with E-state index in [2.05, 4.69) is 4.72 Å². The third-order valence-electron chi connectivity index (χ3n) is 4.23. The molecule has 0 bridgehead atoms. The molecule has 0 radical (unpaired) electrons. The molecule has 7 heteroatoms. The van der Waals surface area contributed by atoms with E-state index >= 15 is 0 Å². The maximum Gasteiger partial charge on any atom is 0.240 e. The lowest BCUT2D eigenvalue weighted by Gasteiger charge is -2.10. The lowest BCUT2D eigenvalue weighted by atomic mass is 10.1.